The zero-order valence-electron chi connectivity index (χ0n) is 12.1. The summed E-state index contributed by atoms with van der Waals surface area (Å²) in [6, 6.07) is 5.87. The summed E-state index contributed by atoms with van der Waals surface area (Å²) < 4.78 is 36.4. The van der Waals surface area contributed by atoms with Gasteiger partial charge in [-0.25, -0.2) is 13.1 Å². The number of hydrogen-bond donors (Lipinski definition) is 2. The molecule has 0 aliphatic carbocycles. The number of rotatable bonds is 9. The summed E-state index contributed by atoms with van der Waals surface area (Å²) in [4.78, 5) is 11.2. The van der Waals surface area contributed by atoms with Gasteiger partial charge in [-0.3, -0.25) is 4.79 Å². The van der Waals surface area contributed by atoms with E-state index in [1.807, 2.05) is 0 Å². The van der Waals surface area contributed by atoms with E-state index >= 15 is 0 Å². The lowest BCUT2D eigenvalue weighted by Crippen LogP contribution is -2.26. The van der Waals surface area contributed by atoms with E-state index < -0.39 is 10.0 Å². The lowest BCUT2D eigenvalue weighted by Gasteiger charge is -2.08. The lowest BCUT2D eigenvalue weighted by atomic mass is 10.3. The molecule has 118 valence electrons. The van der Waals surface area contributed by atoms with Crippen LogP contribution in [0, 0.1) is 0 Å². The van der Waals surface area contributed by atoms with Crippen molar-refractivity contribution in [3.05, 3.63) is 24.3 Å². The minimum atomic E-state index is -3.53. The predicted molar refractivity (Wildman–Crippen MR) is 77.7 cm³/mol. The standard InChI is InChI=1S/C13H20N2O5S/c1-14-13(16)10-20-11-4-6-12(7-5-11)21(17,18)15-8-3-9-19-2/h4-7,15H,3,8-10H2,1-2H3,(H,14,16). The fourth-order valence-corrected chi connectivity index (χ4v) is 2.52. The van der Waals surface area contributed by atoms with Crippen LogP contribution in [0.25, 0.3) is 0 Å². The molecule has 1 aromatic carbocycles. The van der Waals surface area contributed by atoms with Crippen molar-refractivity contribution in [1.82, 2.24) is 10.0 Å². The number of methoxy groups -OCH3 is 1. The van der Waals surface area contributed by atoms with E-state index in [-0.39, 0.29) is 17.4 Å². The molecular formula is C13H20N2O5S. The van der Waals surface area contributed by atoms with E-state index in [4.69, 9.17) is 9.47 Å². The highest BCUT2D eigenvalue weighted by Gasteiger charge is 2.13. The molecule has 1 aromatic rings. The number of benzene rings is 1. The van der Waals surface area contributed by atoms with E-state index in [0.717, 1.165) is 0 Å². The monoisotopic (exact) mass is 316 g/mol. The first-order valence-corrected chi connectivity index (χ1v) is 7.90. The van der Waals surface area contributed by atoms with Crippen LogP contribution < -0.4 is 14.8 Å². The molecule has 1 amide bonds. The highest BCUT2D eigenvalue weighted by molar-refractivity contribution is 7.89. The number of hydrogen-bond acceptors (Lipinski definition) is 5. The van der Waals surface area contributed by atoms with Gasteiger partial charge in [0.25, 0.3) is 5.91 Å². The van der Waals surface area contributed by atoms with E-state index in [9.17, 15) is 13.2 Å². The summed E-state index contributed by atoms with van der Waals surface area (Å²) in [5, 5.41) is 2.42. The van der Waals surface area contributed by atoms with Crippen molar-refractivity contribution >= 4 is 15.9 Å². The molecule has 0 atom stereocenters. The van der Waals surface area contributed by atoms with Crippen molar-refractivity contribution < 1.29 is 22.7 Å². The quantitative estimate of drug-likeness (QED) is 0.632. The van der Waals surface area contributed by atoms with Gasteiger partial charge in [-0.05, 0) is 30.7 Å². The van der Waals surface area contributed by atoms with Crippen LogP contribution >= 0.6 is 0 Å². The smallest absolute Gasteiger partial charge is 0.257 e. The molecule has 0 aromatic heterocycles. The molecule has 7 nitrogen and oxygen atoms in total. The van der Waals surface area contributed by atoms with Gasteiger partial charge in [0, 0.05) is 27.3 Å². The van der Waals surface area contributed by atoms with E-state index in [0.29, 0.717) is 25.3 Å². The second-order valence-electron chi connectivity index (χ2n) is 4.18. The van der Waals surface area contributed by atoms with Crippen molar-refractivity contribution in [3.8, 4) is 5.75 Å². The van der Waals surface area contributed by atoms with Crippen LogP contribution in [0.4, 0.5) is 0 Å². The Bertz CT molecular complexity index is 542. The molecule has 0 heterocycles. The first-order valence-electron chi connectivity index (χ1n) is 6.41. The molecular weight excluding hydrogens is 296 g/mol. The first kappa shape index (κ1) is 17.4. The fraction of sp³-hybridized carbons (Fsp3) is 0.462. The fourth-order valence-electron chi connectivity index (χ4n) is 1.44. The minimum absolute atomic E-state index is 0.113. The largest absolute Gasteiger partial charge is 0.484 e. The van der Waals surface area contributed by atoms with Crippen molar-refractivity contribution in [2.75, 3.05) is 33.9 Å². The van der Waals surface area contributed by atoms with Gasteiger partial charge in [-0.2, -0.15) is 0 Å². The van der Waals surface area contributed by atoms with E-state index in [1.54, 1.807) is 7.11 Å². The molecule has 2 N–H and O–H groups in total. The lowest BCUT2D eigenvalue weighted by molar-refractivity contribution is -0.122. The third-order valence-corrected chi connectivity index (χ3v) is 4.08. The van der Waals surface area contributed by atoms with Crippen LogP contribution in [-0.2, 0) is 19.6 Å². The first-order chi connectivity index (χ1) is 9.99. The minimum Gasteiger partial charge on any atom is -0.484 e. The molecule has 0 aliphatic heterocycles. The number of ether oxygens (including phenoxy) is 2. The van der Waals surface area contributed by atoms with Crippen LogP contribution in [0.3, 0.4) is 0 Å². The Labute approximate surface area is 124 Å². The third-order valence-electron chi connectivity index (χ3n) is 2.60. The topological polar surface area (TPSA) is 93.7 Å². The summed E-state index contributed by atoms with van der Waals surface area (Å²) in [6.45, 7) is 0.692. The average Bonchev–Trinajstić information content (AvgIpc) is 2.49. The van der Waals surface area contributed by atoms with Gasteiger partial charge in [-0.1, -0.05) is 0 Å². The molecule has 0 aliphatic rings. The SMILES string of the molecule is CNC(=O)COc1ccc(S(=O)(=O)NCCCOC)cc1. The van der Waals surface area contributed by atoms with Gasteiger partial charge in [0.1, 0.15) is 5.75 Å². The maximum absolute atomic E-state index is 12.0. The van der Waals surface area contributed by atoms with Crippen molar-refractivity contribution in [2.24, 2.45) is 0 Å². The van der Waals surface area contributed by atoms with Gasteiger partial charge in [0.2, 0.25) is 10.0 Å². The highest BCUT2D eigenvalue weighted by Crippen LogP contribution is 2.15. The molecule has 0 saturated heterocycles. The Morgan fingerprint density at radius 3 is 2.48 bits per heavy atom. The molecule has 8 heteroatoms. The average molecular weight is 316 g/mol. The maximum atomic E-state index is 12.0. The predicted octanol–water partition coefficient (Wildman–Crippen LogP) is 0.126. The number of carbonyl (C=O) groups is 1. The summed E-state index contributed by atoms with van der Waals surface area (Å²) in [5.41, 5.74) is 0. The van der Waals surface area contributed by atoms with Crippen molar-refractivity contribution in [1.29, 1.82) is 0 Å². The summed E-state index contributed by atoms with van der Waals surface area (Å²) in [5.74, 6) is 0.170. The molecule has 0 fully saturated rings. The molecule has 0 unspecified atom stereocenters. The normalized spacial score (nSPS) is 11.1. The zero-order valence-corrected chi connectivity index (χ0v) is 12.9. The Morgan fingerprint density at radius 2 is 1.90 bits per heavy atom. The van der Waals surface area contributed by atoms with Crippen LogP contribution in [0.15, 0.2) is 29.2 Å². The Kier molecular flexibility index (Phi) is 7.13. The number of carbonyl (C=O) groups excluding carboxylic acids is 1. The molecule has 21 heavy (non-hydrogen) atoms. The number of sulfonamides is 1. The van der Waals surface area contributed by atoms with Gasteiger partial charge in [-0.15, -0.1) is 0 Å². The zero-order chi connectivity index (χ0) is 15.7. The van der Waals surface area contributed by atoms with Crippen LogP contribution in [-0.4, -0.2) is 48.2 Å². The summed E-state index contributed by atoms with van der Waals surface area (Å²) >= 11 is 0. The Balaban J connectivity index is 2.57. The highest BCUT2D eigenvalue weighted by atomic mass is 32.2. The molecule has 0 saturated carbocycles. The van der Waals surface area contributed by atoms with Crippen LogP contribution in [0.1, 0.15) is 6.42 Å². The van der Waals surface area contributed by atoms with Crippen LogP contribution in [0.2, 0.25) is 0 Å². The second-order valence-corrected chi connectivity index (χ2v) is 5.94. The molecule has 0 spiro atoms. The van der Waals surface area contributed by atoms with Crippen molar-refractivity contribution in [2.45, 2.75) is 11.3 Å². The Morgan fingerprint density at radius 1 is 1.24 bits per heavy atom. The van der Waals surface area contributed by atoms with E-state index in [2.05, 4.69) is 10.0 Å². The summed E-state index contributed by atoms with van der Waals surface area (Å²) in [7, 11) is -0.462. The second kappa shape index (κ2) is 8.60. The van der Waals surface area contributed by atoms with Gasteiger partial charge in [0.05, 0.1) is 4.90 Å². The third kappa shape index (κ3) is 6.11. The molecule has 0 bridgehead atoms. The number of likely N-dealkylation sites (N-methyl/N-ethyl adjacent to an activating group) is 1. The molecule has 1 rings (SSSR count). The van der Waals surface area contributed by atoms with Crippen molar-refractivity contribution in [3.63, 3.8) is 0 Å². The van der Waals surface area contributed by atoms with Gasteiger partial charge in [0.15, 0.2) is 6.61 Å². The van der Waals surface area contributed by atoms with E-state index in [1.165, 1.54) is 31.3 Å². The Hall–Kier alpha value is -1.64. The van der Waals surface area contributed by atoms with Gasteiger partial charge < -0.3 is 14.8 Å². The van der Waals surface area contributed by atoms with Gasteiger partial charge >= 0.3 is 0 Å². The van der Waals surface area contributed by atoms with Crippen LogP contribution in [0.5, 0.6) is 5.75 Å². The number of amides is 1. The maximum Gasteiger partial charge on any atom is 0.257 e. The summed E-state index contributed by atoms with van der Waals surface area (Å²) in [6.07, 6.45) is 0.600. The number of nitrogens with one attached hydrogen (secondary N) is 2. The molecule has 0 radical (unpaired) electrons.